The van der Waals surface area contributed by atoms with Gasteiger partial charge in [-0.2, -0.15) is 0 Å². The zero-order valence-electron chi connectivity index (χ0n) is 8.49. The molecule has 0 aromatic rings. The van der Waals surface area contributed by atoms with Gasteiger partial charge in [0, 0.05) is 14.2 Å². The molecule has 1 aliphatic rings. The van der Waals surface area contributed by atoms with Gasteiger partial charge in [0.2, 0.25) is 0 Å². The summed E-state index contributed by atoms with van der Waals surface area (Å²) in [4.78, 5) is 0. The van der Waals surface area contributed by atoms with Crippen LogP contribution in [-0.4, -0.2) is 52.6 Å². The maximum absolute atomic E-state index is 13.4. The molecule has 13 heavy (non-hydrogen) atoms. The second-order valence-electron chi connectivity index (χ2n) is 3.39. The van der Waals surface area contributed by atoms with E-state index in [-0.39, 0.29) is 12.2 Å². The molecular weight excluding hydrogens is 174 g/mol. The van der Waals surface area contributed by atoms with Crippen LogP contribution in [0.2, 0.25) is 0 Å². The summed E-state index contributed by atoms with van der Waals surface area (Å²) in [6.07, 6.45) is -2.02. The summed E-state index contributed by atoms with van der Waals surface area (Å²) in [7, 11) is 4.78. The predicted octanol–water partition coefficient (Wildman–Crippen LogP) is -0.268. The van der Waals surface area contributed by atoms with Gasteiger partial charge in [-0.1, -0.05) is 0 Å². The Hall–Kier alpha value is -0.125. The molecule has 0 amide bonds. The molecule has 0 radical (unpaired) electrons. The summed E-state index contributed by atoms with van der Waals surface area (Å²) in [6.45, 7) is 1.85. The van der Waals surface area contributed by atoms with Gasteiger partial charge in [-0.3, -0.25) is 0 Å². The molecule has 1 fully saturated rings. The van der Waals surface area contributed by atoms with Crippen LogP contribution in [0.3, 0.4) is 0 Å². The van der Waals surface area contributed by atoms with Gasteiger partial charge in [0.15, 0.2) is 0 Å². The molecule has 1 aliphatic heterocycles. The van der Waals surface area contributed by atoms with Crippen molar-refractivity contribution >= 4 is 7.85 Å². The van der Waals surface area contributed by atoms with Crippen LogP contribution >= 0.6 is 0 Å². The smallest absolute Gasteiger partial charge is 0.147 e. The normalized spacial score (nSPS) is 42.2. The molecule has 0 aromatic heterocycles. The minimum atomic E-state index is -1.06. The lowest BCUT2D eigenvalue weighted by molar-refractivity contribution is -0.0731. The topological polar surface area (TPSA) is 27.7 Å². The van der Waals surface area contributed by atoms with Crippen LogP contribution in [0.15, 0.2) is 0 Å². The van der Waals surface area contributed by atoms with Crippen LogP contribution in [0.25, 0.3) is 0 Å². The van der Waals surface area contributed by atoms with E-state index in [0.29, 0.717) is 0 Å². The average Bonchev–Trinajstić information content (AvgIpc) is 2.42. The zero-order chi connectivity index (χ0) is 10.0. The highest BCUT2D eigenvalue weighted by atomic mass is 19.1. The van der Waals surface area contributed by atoms with Gasteiger partial charge in [-0.05, 0) is 6.92 Å². The first-order valence-electron chi connectivity index (χ1n) is 4.47. The molecule has 1 heterocycles. The second-order valence-corrected chi connectivity index (χ2v) is 3.39. The Bertz CT molecular complexity index is 169. The number of hydrogen-bond donors (Lipinski definition) is 0. The molecule has 3 nitrogen and oxygen atoms in total. The van der Waals surface area contributed by atoms with Gasteiger partial charge in [0.05, 0.1) is 12.1 Å². The number of ether oxygens (including phenoxy) is 3. The number of rotatable bonds is 3. The van der Waals surface area contributed by atoms with Gasteiger partial charge in [-0.25, -0.2) is 4.39 Å². The Labute approximate surface area is 78.9 Å². The molecule has 5 heteroatoms. The van der Waals surface area contributed by atoms with E-state index in [2.05, 4.69) is 0 Å². The zero-order valence-corrected chi connectivity index (χ0v) is 8.49. The summed E-state index contributed by atoms with van der Waals surface area (Å²) >= 11 is 0. The molecule has 0 bridgehead atoms. The van der Waals surface area contributed by atoms with Crippen molar-refractivity contribution in [2.24, 2.45) is 0 Å². The van der Waals surface area contributed by atoms with Gasteiger partial charge in [-0.15, -0.1) is 0 Å². The van der Waals surface area contributed by atoms with Crippen LogP contribution < -0.4 is 0 Å². The standard InChI is InChI=1S/C8H16BFO3/c1-4(11-2)6-7(12-3)5(10)8(9)13-6/h4-8H,9H2,1-3H3/t4-,5+,6+,7-,8+/m0/s1. The first-order valence-corrected chi connectivity index (χ1v) is 4.47. The quantitative estimate of drug-likeness (QED) is 0.573. The summed E-state index contributed by atoms with van der Waals surface area (Å²) in [6, 6.07) is -0.410. The van der Waals surface area contributed by atoms with Crippen molar-refractivity contribution in [2.75, 3.05) is 14.2 Å². The molecule has 5 atom stereocenters. The number of alkyl halides is 1. The Morgan fingerprint density at radius 2 is 2.08 bits per heavy atom. The fraction of sp³-hybridized carbons (Fsp3) is 1.00. The number of hydrogen-bond acceptors (Lipinski definition) is 3. The van der Waals surface area contributed by atoms with Crippen molar-refractivity contribution in [1.82, 2.24) is 0 Å². The molecule has 0 aromatic carbocycles. The first-order chi connectivity index (χ1) is 6.11. The van der Waals surface area contributed by atoms with Crippen LogP contribution in [0.4, 0.5) is 4.39 Å². The highest BCUT2D eigenvalue weighted by Gasteiger charge is 2.45. The third-order valence-electron chi connectivity index (χ3n) is 2.56. The first kappa shape index (κ1) is 11.0. The second kappa shape index (κ2) is 4.40. The number of methoxy groups -OCH3 is 2. The monoisotopic (exact) mass is 190 g/mol. The van der Waals surface area contributed by atoms with Crippen LogP contribution in [-0.2, 0) is 14.2 Å². The molecule has 1 saturated heterocycles. The summed E-state index contributed by atoms with van der Waals surface area (Å²) in [5.74, 6) is 0. The van der Waals surface area contributed by atoms with Gasteiger partial charge < -0.3 is 14.2 Å². The molecular formula is C8H16BFO3. The van der Waals surface area contributed by atoms with Crippen molar-refractivity contribution in [3.8, 4) is 0 Å². The van der Waals surface area contributed by atoms with E-state index < -0.39 is 18.3 Å². The molecule has 0 aliphatic carbocycles. The van der Waals surface area contributed by atoms with Crippen molar-refractivity contribution in [3.63, 3.8) is 0 Å². The van der Waals surface area contributed by atoms with E-state index >= 15 is 0 Å². The third-order valence-corrected chi connectivity index (χ3v) is 2.56. The van der Waals surface area contributed by atoms with E-state index in [9.17, 15) is 4.39 Å². The van der Waals surface area contributed by atoms with Crippen LogP contribution in [0.5, 0.6) is 0 Å². The average molecular weight is 190 g/mol. The maximum Gasteiger partial charge on any atom is 0.147 e. The third kappa shape index (κ3) is 2.03. The van der Waals surface area contributed by atoms with E-state index in [1.165, 1.54) is 7.11 Å². The molecule has 0 saturated carbocycles. The summed E-state index contributed by atoms with van der Waals surface area (Å²) in [5, 5.41) is 0. The molecule has 76 valence electrons. The molecule has 0 N–H and O–H groups in total. The Morgan fingerprint density at radius 3 is 2.54 bits per heavy atom. The maximum atomic E-state index is 13.4. The number of halogens is 1. The Kier molecular flexibility index (Phi) is 3.70. The SMILES string of the molecule is B[C@@H]1O[C@H]([C@H](C)OC)[C@@H](OC)[C@H]1F. The minimum absolute atomic E-state index is 0.145. The molecule has 0 spiro atoms. The van der Waals surface area contributed by atoms with Gasteiger partial charge in [0.1, 0.15) is 26.2 Å². The van der Waals surface area contributed by atoms with Crippen molar-refractivity contribution in [2.45, 2.75) is 37.4 Å². The lowest BCUT2D eigenvalue weighted by Crippen LogP contribution is -2.38. The highest BCUT2D eigenvalue weighted by Crippen LogP contribution is 2.27. The van der Waals surface area contributed by atoms with Crippen molar-refractivity contribution < 1.29 is 18.6 Å². The molecule has 0 unspecified atom stereocenters. The van der Waals surface area contributed by atoms with Crippen molar-refractivity contribution in [3.05, 3.63) is 0 Å². The Balaban J connectivity index is 2.64. The fourth-order valence-corrected chi connectivity index (χ4v) is 1.62. The van der Waals surface area contributed by atoms with Gasteiger partial charge >= 0.3 is 0 Å². The van der Waals surface area contributed by atoms with E-state index in [1.54, 1.807) is 15.0 Å². The predicted molar refractivity (Wildman–Crippen MR) is 49.4 cm³/mol. The van der Waals surface area contributed by atoms with Crippen LogP contribution in [0.1, 0.15) is 6.92 Å². The van der Waals surface area contributed by atoms with Crippen molar-refractivity contribution in [1.29, 1.82) is 0 Å². The lowest BCUT2D eigenvalue weighted by atomic mass is 9.93. The van der Waals surface area contributed by atoms with Gasteiger partial charge in [0.25, 0.3) is 0 Å². The highest BCUT2D eigenvalue weighted by molar-refractivity contribution is 6.11. The minimum Gasteiger partial charge on any atom is -0.379 e. The summed E-state index contributed by atoms with van der Waals surface area (Å²) < 4.78 is 29.0. The van der Waals surface area contributed by atoms with E-state index in [4.69, 9.17) is 14.2 Å². The lowest BCUT2D eigenvalue weighted by Gasteiger charge is -2.22. The Morgan fingerprint density at radius 1 is 1.46 bits per heavy atom. The summed E-state index contributed by atoms with van der Waals surface area (Å²) in [5.41, 5.74) is 0. The van der Waals surface area contributed by atoms with Crippen LogP contribution in [0, 0.1) is 0 Å². The van der Waals surface area contributed by atoms with E-state index in [0.717, 1.165) is 0 Å². The fourth-order valence-electron chi connectivity index (χ4n) is 1.62. The van der Waals surface area contributed by atoms with E-state index in [1.807, 2.05) is 6.92 Å². The molecule has 1 rings (SSSR count). The largest absolute Gasteiger partial charge is 0.379 e.